The molecule has 152 valence electrons. The average Bonchev–Trinajstić information content (AvgIpc) is 2.73. The molecular formula is C21H22N2O6. The van der Waals surface area contributed by atoms with Gasteiger partial charge in [0, 0.05) is 12.1 Å². The molecule has 2 aromatic carbocycles. The molecule has 0 aliphatic carbocycles. The van der Waals surface area contributed by atoms with Crippen LogP contribution in [-0.2, 0) is 9.59 Å². The van der Waals surface area contributed by atoms with E-state index < -0.39 is 17.8 Å². The molecule has 0 aromatic heterocycles. The number of carboxylic acid groups (broad SMARTS) is 1. The van der Waals surface area contributed by atoms with E-state index in [2.05, 4.69) is 10.6 Å². The van der Waals surface area contributed by atoms with Crippen LogP contribution in [0.1, 0.15) is 22.3 Å². The summed E-state index contributed by atoms with van der Waals surface area (Å²) in [5.74, 6) is -0.864. The lowest BCUT2D eigenvalue weighted by molar-refractivity contribution is -0.136. The number of ether oxygens (including phenoxy) is 2. The number of hydrogen-bond donors (Lipinski definition) is 3. The highest BCUT2D eigenvalue weighted by molar-refractivity contribution is 6.05. The van der Waals surface area contributed by atoms with Crippen LogP contribution in [0.25, 0.3) is 6.08 Å². The molecule has 0 saturated heterocycles. The van der Waals surface area contributed by atoms with Crippen molar-refractivity contribution < 1.29 is 29.0 Å². The number of amides is 2. The van der Waals surface area contributed by atoms with Gasteiger partial charge >= 0.3 is 5.97 Å². The van der Waals surface area contributed by atoms with Gasteiger partial charge in [-0.1, -0.05) is 12.1 Å². The minimum atomic E-state index is -1.03. The van der Waals surface area contributed by atoms with Crippen LogP contribution in [-0.4, -0.2) is 43.7 Å². The van der Waals surface area contributed by atoms with Gasteiger partial charge in [-0.15, -0.1) is 0 Å². The largest absolute Gasteiger partial charge is 0.497 e. The Balaban J connectivity index is 2.21. The molecule has 0 spiro atoms. The maximum absolute atomic E-state index is 12.5. The summed E-state index contributed by atoms with van der Waals surface area (Å²) in [6.45, 7) is -0.0630. The molecule has 0 bridgehead atoms. The van der Waals surface area contributed by atoms with E-state index in [1.165, 1.54) is 13.2 Å². The summed E-state index contributed by atoms with van der Waals surface area (Å²) >= 11 is 0. The number of nitrogens with one attached hydrogen (secondary N) is 2. The lowest BCUT2D eigenvalue weighted by atomic mass is 10.1. The van der Waals surface area contributed by atoms with Crippen molar-refractivity contribution in [2.24, 2.45) is 0 Å². The SMILES string of the molecule is COc1ccc(/C=C(/NC(=O)c2ccc(OC)cc2)C(=O)NCCC(=O)O)cc1. The molecule has 0 aliphatic rings. The first-order valence-corrected chi connectivity index (χ1v) is 8.74. The predicted octanol–water partition coefficient (Wildman–Crippen LogP) is 2.07. The van der Waals surface area contributed by atoms with Crippen LogP contribution in [0, 0.1) is 0 Å². The molecule has 2 rings (SSSR count). The number of methoxy groups -OCH3 is 2. The average molecular weight is 398 g/mol. The number of carbonyl (C=O) groups excluding carboxylic acids is 2. The molecule has 3 N–H and O–H groups in total. The fourth-order valence-electron chi connectivity index (χ4n) is 2.34. The minimum absolute atomic E-state index is 0.0126. The van der Waals surface area contributed by atoms with Gasteiger partial charge < -0.3 is 25.2 Å². The fourth-order valence-corrected chi connectivity index (χ4v) is 2.34. The Morgan fingerprint density at radius 2 is 1.48 bits per heavy atom. The van der Waals surface area contributed by atoms with Crippen LogP contribution in [0.5, 0.6) is 11.5 Å². The molecule has 8 heteroatoms. The van der Waals surface area contributed by atoms with Gasteiger partial charge in [-0.2, -0.15) is 0 Å². The third-order valence-corrected chi connectivity index (χ3v) is 3.90. The van der Waals surface area contributed by atoms with E-state index >= 15 is 0 Å². The van der Waals surface area contributed by atoms with E-state index in [9.17, 15) is 14.4 Å². The van der Waals surface area contributed by atoms with Crippen molar-refractivity contribution in [3.05, 3.63) is 65.4 Å². The zero-order chi connectivity index (χ0) is 21.2. The Labute approximate surface area is 168 Å². The third-order valence-electron chi connectivity index (χ3n) is 3.90. The van der Waals surface area contributed by atoms with Crippen molar-refractivity contribution >= 4 is 23.9 Å². The molecule has 0 radical (unpaired) electrons. The molecule has 29 heavy (non-hydrogen) atoms. The Bertz CT molecular complexity index is 888. The van der Waals surface area contributed by atoms with Gasteiger partial charge in [-0.25, -0.2) is 0 Å². The first-order chi connectivity index (χ1) is 13.9. The Hall–Kier alpha value is -3.81. The van der Waals surface area contributed by atoms with Crippen molar-refractivity contribution in [3.63, 3.8) is 0 Å². The smallest absolute Gasteiger partial charge is 0.305 e. The molecule has 8 nitrogen and oxygen atoms in total. The fraction of sp³-hybridized carbons (Fsp3) is 0.190. The molecule has 0 atom stereocenters. The maximum Gasteiger partial charge on any atom is 0.305 e. The quantitative estimate of drug-likeness (QED) is 0.557. The van der Waals surface area contributed by atoms with Gasteiger partial charge in [0.05, 0.1) is 20.6 Å². The summed E-state index contributed by atoms with van der Waals surface area (Å²) < 4.78 is 10.2. The van der Waals surface area contributed by atoms with E-state index in [-0.39, 0.29) is 18.7 Å². The number of rotatable bonds is 9. The van der Waals surface area contributed by atoms with Crippen molar-refractivity contribution in [3.8, 4) is 11.5 Å². The second kappa shape index (κ2) is 10.5. The van der Waals surface area contributed by atoms with Crippen LogP contribution in [0.3, 0.4) is 0 Å². The molecule has 0 heterocycles. The molecule has 0 unspecified atom stereocenters. The molecule has 2 amide bonds. The number of benzene rings is 2. The molecule has 2 aromatic rings. The first-order valence-electron chi connectivity index (χ1n) is 8.74. The zero-order valence-electron chi connectivity index (χ0n) is 16.1. The molecule has 0 fully saturated rings. The highest BCUT2D eigenvalue weighted by Crippen LogP contribution is 2.15. The monoisotopic (exact) mass is 398 g/mol. The highest BCUT2D eigenvalue weighted by Gasteiger charge is 2.15. The third kappa shape index (κ3) is 6.69. The molecular weight excluding hydrogens is 376 g/mol. The summed E-state index contributed by atoms with van der Waals surface area (Å²) in [7, 11) is 3.06. The number of carboxylic acids is 1. The van der Waals surface area contributed by atoms with E-state index in [1.807, 2.05) is 0 Å². The minimum Gasteiger partial charge on any atom is -0.497 e. The number of carbonyl (C=O) groups is 3. The van der Waals surface area contributed by atoms with Crippen LogP contribution < -0.4 is 20.1 Å². The standard InChI is InChI=1S/C21H22N2O6/c1-28-16-7-3-14(4-8-16)13-18(21(27)22-12-11-19(24)25)23-20(26)15-5-9-17(29-2)10-6-15/h3-10,13H,11-12H2,1-2H3,(H,22,27)(H,23,26)(H,24,25)/b18-13+. The lowest BCUT2D eigenvalue weighted by Crippen LogP contribution is -2.35. The van der Waals surface area contributed by atoms with Crippen molar-refractivity contribution in [1.82, 2.24) is 10.6 Å². The normalized spacial score (nSPS) is 10.8. The lowest BCUT2D eigenvalue weighted by Gasteiger charge is -2.11. The first kappa shape index (κ1) is 21.5. The Kier molecular flexibility index (Phi) is 7.78. The highest BCUT2D eigenvalue weighted by atomic mass is 16.5. The zero-order valence-corrected chi connectivity index (χ0v) is 16.1. The van der Waals surface area contributed by atoms with Crippen LogP contribution in [0.4, 0.5) is 0 Å². The van der Waals surface area contributed by atoms with Gasteiger partial charge in [-0.3, -0.25) is 14.4 Å². The summed E-state index contributed by atoms with van der Waals surface area (Å²) in [5, 5.41) is 13.8. The Morgan fingerprint density at radius 1 is 0.931 bits per heavy atom. The van der Waals surface area contributed by atoms with Crippen LogP contribution in [0.15, 0.2) is 54.2 Å². The predicted molar refractivity (Wildman–Crippen MR) is 107 cm³/mol. The van der Waals surface area contributed by atoms with Crippen molar-refractivity contribution in [2.75, 3.05) is 20.8 Å². The summed E-state index contributed by atoms with van der Waals surface area (Å²) in [6.07, 6.45) is 1.27. The topological polar surface area (TPSA) is 114 Å². The summed E-state index contributed by atoms with van der Waals surface area (Å²) in [5.41, 5.74) is 0.982. The van der Waals surface area contributed by atoms with Gasteiger partial charge in [-0.05, 0) is 48.0 Å². The van der Waals surface area contributed by atoms with E-state index in [0.29, 0.717) is 22.6 Å². The summed E-state index contributed by atoms with van der Waals surface area (Å²) in [4.78, 5) is 35.7. The van der Waals surface area contributed by atoms with Gasteiger partial charge in [0.25, 0.3) is 11.8 Å². The second-order valence-electron chi connectivity index (χ2n) is 5.91. The van der Waals surface area contributed by atoms with Crippen LogP contribution >= 0.6 is 0 Å². The van der Waals surface area contributed by atoms with Gasteiger partial charge in [0.15, 0.2) is 0 Å². The maximum atomic E-state index is 12.5. The van der Waals surface area contributed by atoms with E-state index in [4.69, 9.17) is 14.6 Å². The second-order valence-corrected chi connectivity index (χ2v) is 5.91. The van der Waals surface area contributed by atoms with Crippen LogP contribution in [0.2, 0.25) is 0 Å². The van der Waals surface area contributed by atoms with Gasteiger partial charge in [0.1, 0.15) is 17.2 Å². The number of aliphatic carboxylic acids is 1. The number of hydrogen-bond acceptors (Lipinski definition) is 5. The summed E-state index contributed by atoms with van der Waals surface area (Å²) in [6, 6.07) is 13.3. The van der Waals surface area contributed by atoms with Crippen molar-refractivity contribution in [2.45, 2.75) is 6.42 Å². The Morgan fingerprint density at radius 3 is 2.00 bits per heavy atom. The molecule has 0 saturated carbocycles. The van der Waals surface area contributed by atoms with Gasteiger partial charge in [0.2, 0.25) is 0 Å². The van der Waals surface area contributed by atoms with Crippen molar-refractivity contribution in [1.29, 1.82) is 0 Å². The van der Waals surface area contributed by atoms with E-state index in [1.54, 1.807) is 55.6 Å². The molecule has 0 aliphatic heterocycles. The van der Waals surface area contributed by atoms with E-state index in [0.717, 1.165) is 0 Å².